The summed E-state index contributed by atoms with van der Waals surface area (Å²) >= 11 is 7.48. The first kappa shape index (κ1) is 13.2. The fraction of sp³-hybridized carbons (Fsp3) is 0.231. The molecule has 0 bridgehead atoms. The monoisotopic (exact) mass is 279 g/mol. The van der Waals surface area contributed by atoms with E-state index in [9.17, 15) is 0 Å². The molecule has 2 aromatic rings. The zero-order valence-corrected chi connectivity index (χ0v) is 11.8. The first-order valence-electron chi connectivity index (χ1n) is 5.68. The highest BCUT2D eigenvalue weighted by Gasteiger charge is 2.02. The highest BCUT2D eigenvalue weighted by Crippen LogP contribution is 2.20. The number of hydrogen-bond donors (Lipinski definition) is 1. The second-order valence-electron chi connectivity index (χ2n) is 3.74. The van der Waals surface area contributed by atoms with Crippen molar-refractivity contribution in [3.05, 3.63) is 41.0 Å². The lowest BCUT2D eigenvalue weighted by molar-refractivity contribution is 0.938. The lowest BCUT2D eigenvalue weighted by Gasteiger charge is -2.08. The maximum Gasteiger partial charge on any atom is 0.189 e. The third-order valence-corrected chi connectivity index (χ3v) is 3.21. The summed E-state index contributed by atoms with van der Waals surface area (Å²) in [6, 6.07) is 9.46. The minimum absolute atomic E-state index is 0.724. The second-order valence-corrected chi connectivity index (χ2v) is 5.41. The Kier molecular flexibility index (Phi) is 4.44. The number of anilines is 2. The van der Waals surface area contributed by atoms with Crippen LogP contribution in [0.5, 0.6) is 0 Å². The van der Waals surface area contributed by atoms with Crippen molar-refractivity contribution >= 4 is 34.9 Å². The molecule has 1 heterocycles. The third-order valence-electron chi connectivity index (χ3n) is 2.22. The van der Waals surface area contributed by atoms with Gasteiger partial charge >= 0.3 is 0 Å². The van der Waals surface area contributed by atoms with Crippen LogP contribution in [0.15, 0.2) is 35.5 Å². The molecule has 1 aromatic heterocycles. The maximum atomic E-state index is 5.85. The van der Waals surface area contributed by atoms with Gasteiger partial charge in [0.1, 0.15) is 5.82 Å². The van der Waals surface area contributed by atoms with Crippen LogP contribution < -0.4 is 5.32 Å². The smallest absolute Gasteiger partial charge is 0.189 e. The fourth-order valence-corrected chi connectivity index (χ4v) is 2.24. The average molecular weight is 280 g/mol. The zero-order chi connectivity index (χ0) is 13.0. The Labute approximate surface area is 116 Å². The number of aryl methyl sites for hydroxylation is 1. The van der Waals surface area contributed by atoms with Crippen LogP contribution in [0, 0.1) is 6.92 Å². The van der Waals surface area contributed by atoms with E-state index in [0.717, 1.165) is 33.1 Å². The number of benzene rings is 1. The molecule has 0 radical (unpaired) electrons. The standard InChI is InChI=1S/C13H14ClN3S/c1-3-18-13-15-9(2)8-12(17-13)16-11-6-4-10(14)5-7-11/h4-8H,3H2,1-2H3,(H,15,16,17). The molecule has 94 valence electrons. The first-order valence-corrected chi connectivity index (χ1v) is 7.05. The van der Waals surface area contributed by atoms with Gasteiger partial charge in [0.25, 0.3) is 0 Å². The number of halogens is 1. The van der Waals surface area contributed by atoms with Crippen LogP contribution in [0.25, 0.3) is 0 Å². The zero-order valence-electron chi connectivity index (χ0n) is 10.3. The highest BCUT2D eigenvalue weighted by molar-refractivity contribution is 7.99. The third kappa shape index (κ3) is 3.62. The quantitative estimate of drug-likeness (QED) is 0.669. The van der Waals surface area contributed by atoms with Gasteiger partial charge in [0.15, 0.2) is 5.16 Å². The Morgan fingerprint density at radius 2 is 1.94 bits per heavy atom. The normalized spacial score (nSPS) is 10.4. The molecule has 0 fully saturated rings. The Morgan fingerprint density at radius 3 is 2.61 bits per heavy atom. The number of thioether (sulfide) groups is 1. The molecule has 0 spiro atoms. The summed E-state index contributed by atoms with van der Waals surface area (Å²) in [6.45, 7) is 4.05. The van der Waals surface area contributed by atoms with Gasteiger partial charge in [-0.05, 0) is 36.9 Å². The summed E-state index contributed by atoms with van der Waals surface area (Å²) in [7, 11) is 0. The number of nitrogens with one attached hydrogen (secondary N) is 1. The maximum absolute atomic E-state index is 5.85. The average Bonchev–Trinajstić information content (AvgIpc) is 2.32. The van der Waals surface area contributed by atoms with Crippen molar-refractivity contribution in [3.63, 3.8) is 0 Å². The van der Waals surface area contributed by atoms with E-state index in [0.29, 0.717) is 0 Å². The van der Waals surface area contributed by atoms with E-state index in [1.165, 1.54) is 0 Å². The SMILES string of the molecule is CCSc1nc(C)cc(Nc2ccc(Cl)cc2)n1. The van der Waals surface area contributed by atoms with E-state index >= 15 is 0 Å². The highest BCUT2D eigenvalue weighted by atomic mass is 35.5. The molecule has 0 aliphatic rings. The summed E-state index contributed by atoms with van der Waals surface area (Å²) in [4.78, 5) is 8.82. The van der Waals surface area contributed by atoms with E-state index in [1.54, 1.807) is 11.8 Å². The van der Waals surface area contributed by atoms with Gasteiger partial charge in [-0.2, -0.15) is 0 Å². The fourth-order valence-electron chi connectivity index (χ4n) is 1.48. The summed E-state index contributed by atoms with van der Waals surface area (Å²) < 4.78 is 0. The number of hydrogen-bond acceptors (Lipinski definition) is 4. The molecule has 1 N–H and O–H groups in total. The van der Waals surface area contributed by atoms with Crippen molar-refractivity contribution < 1.29 is 0 Å². The van der Waals surface area contributed by atoms with Gasteiger partial charge in [-0.15, -0.1) is 0 Å². The summed E-state index contributed by atoms with van der Waals surface area (Å²) in [5.74, 6) is 1.77. The first-order chi connectivity index (χ1) is 8.67. The van der Waals surface area contributed by atoms with Crippen LogP contribution in [-0.2, 0) is 0 Å². The van der Waals surface area contributed by atoms with Crippen molar-refractivity contribution in [1.29, 1.82) is 0 Å². The Balaban J connectivity index is 2.20. The molecule has 0 aliphatic carbocycles. The summed E-state index contributed by atoms with van der Waals surface area (Å²) in [5, 5.41) is 4.77. The molecule has 0 amide bonds. The van der Waals surface area contributed by atoms with Gasteiger partial charge in [-0.3, -0.25) is 0 Å². The molecule has 0 unspecified atom stereocenters. The van der Waals surface area contributed by atoms with Gasteiger partial charge in [-0.1, -0.05) is 30.3 Å². The van der Waals surface area contributed by atoms with Crippen LogP contribution in [-0.4, -0.2) is 15.7 Å². The van der Waals surface area contributed by atoms with Crippen molar-refractivity contribution in [1.82, 2.24) is 9.97 Å². The van der Waals surface area contributed by atoms with Gasteiger partial charge in [0, 0.05) is 22.5 Å². The molecule has 0 aliphatic heterocycles. The molecule has 5 heteroatoms. The summed E-state index contributed by atoms with van der Waals surface area (Å²) in [5.41, 5.74) is 1.92. The topological polar surface area (TPSA) is 37.8 Å². The van der Waals surface area contributed by atoms with Crippen LogP contribution in [0.2, 0.25) is 5.02 Å². The molecule has 0 saturated carbocycles. The Bertz CT molecular complexity index is 528. The van der Waals surface area contributed by atoms with Crippen LogP contribution in [0.3, 0.4) is 0 Å². The minimum atomic E-state index is 0.724. The minimum Gasteiger partial charge on any atom is -0.340 e. The molecule has 0 saturated heterocycles. The lowest BCUT2D eigenvalue weighted by Crippen LogP contribution is -1.98. The van der Waals surface area contributed by atoms with E-state index in [1.807, 2.05) is 37.3 Å². The van der Waals surface area contributed by atoms with E-state index in [4.69, 9.17) is 11.6 Å². The predicted octanol–water partition coefficient (Wildman–Crippen LogP) is 4.29. The van der Waals surface area contributed by atoms with Crippen molar-refractivity contribution in [2.24, 2.45) is 0 Å². The van der Waals surface area contributed by atoms with Gasteiger partial charge < -0.3 is 5.32 Å². The van der Waals surface area contributed by atoms with E-state index < -0.39 is 0 Å². The Morgan fingerprint density at radius 1 is 1.22 bits per heavy atom. The molecular formula is C13H14ClN3S. The number of nitrogens with zero attached hydrogens (tertiary/aromatic N) is 2. The van der Waals surface area contributed by atoms with Gasteiger partial charge in [0.2, 0.25) is 0 Å². The Hall–Kier alpha value is -1.26. The molecule has 1 aromatic carbocycles. The molecule has 2 rings (SSSR count). The van der Waals surface area contributed by atoms with Crippen molar-refractivity contribution in [2.45, 2.75) is 19.0 Å². The molecular weight excluding hydrogens is 266 g/mol. The molecule has 18 heavy (non-hydrogen) atoms. The van der Waals surface area contributed by atoms with Crippen LogP contribution >= 0.6 is 23.4 Å². The predicted molar refractivity (Wildman–Crippen MR) is 77.9 cm³/mol. The van der Waals surface area contributed by atoms with Crippen LogP contribution in [0.4, 0.5) is 11.5 Å². The van der Waals surface area contributed by atoms with Crippen molar-refractivity contribution in [2.75, 3.05) is 11.1 Å². The summed E-state index contributed by atoms with van der Waals surface area (Å²) in [6.07, 6.45) is 0. The van der Waals surface area contributed by atoms with Gasteiger partial charge in [0.05, 0.1) is 0 Å². The molecule has 0 atom stereocenters. The lowest BCUT2D eigenvalue weighted by atomic mass is 10.3. The van der Waals surface area contributed by atoms with E-state index in [-0.39, 0.29) is 0 Å². The second kappa shape index (κ2) is 6.07. The number of aromatic nitrogens is 2. The molecule has 3 nitrogen and oxygen atoms in total. The van der Waals surface area contributed by atoms with Crippen molar-refractivity contribution in [3.8, 4) is 0 Å². The van der Waals surface area contributed by atoms with Gasteiger partial charge in [-0.25, -0.2) is 9.97 Å². The van der Waals surface area contributed by atoms with E-state index in [2.05, 4.69) is 22.2 Å². The largest absolute Gasteiger partial charge is 0.340 e. The van der Waals surface area contributed by atoms with Crippen LogP contribution in [0.1, 0.15) is 12.6 Å². The number of rotatable bonds is 4.